The maximum atomic E-state index is 13.4. The molecule has 0 saturated carbocycles. The van der Waals surface area contributed by atoms with Gasteiger partial charge in [0.2, 0.25) is 5.78 Å². The van der Waals surface area contributed by atoms with Gasteiger partial charge in [0.05, 0.1) is 18.2 Å². The van der Waals surface area contributed by atoms with E-state index in [0.717, 1.165) is 12.1 Å². The van der Waals surface area contributed by atoms with Crippen molar-refractivity contribution in [1.29, 1.82) is 0 Å². The highest BCUT2D eigenvalue weighted by molar-refractivity contribution is 5.99. The standard InChI is InChI=1S/C19H15FO5/c1-24-19(23)14-9-6-13(7-10-14)8-11-18(22)25-12-17(21)15-4-2-3-5-16(15)20/h2-11H,12H2,1H3/b11-8+. The number of benzene rings is 2. The number of esters is 2. The van der Waals surface area contributed by atoms with Gasteiger partial charge in [-0.15, -0.1) is 0 Å². The number of ether oxygens (including phenoxy) is 2. The van der Waals surface area contributed by atoms with Crippen molar-refractivity contribution in [3.05, 3.63) is 77.1 Å². The van der Waals surface area contributed by atoms with Gasteiger partial charge >= 0.3 is 11.9 Å². The summed E-state index contributed by atoms with van der Waals surface area (Å²) in [4.78, 5) is 34.7. The molecule has 25 heavy (non-hydrogen) atoms. The van der Waals surface area contributed by atoms with E-state index >= 15 is 0 Å². The van der Waals surface area contributed by atoms with Gasteiger partial charge < -0.3 is 9.47 Å². The third kappa shape index (κ3) is 5.10. The second kappa shape index (κ2) is 8.54. The van der Waals surface area contributed by atoms with Gasteiger partial charge in [0.1, 0.15) is 5.82 Å². The summed E-state index contributed by atoms with van der Waals surface area (Å²) in [5, 5.41) is 0. The second-order valence-electron chi connectivity index (χ2n) is 4.96. The Bertz CT molecular complexity index is 809. The molecule has 0 N–H and O–H groups in total. The number of rotatable bonds is 6. The molecule has 128 valence electrons. The molecule has 0 aliphatic rings. The van der Waals surface area contributed by atoms with Gasteiger partial charge in [0, 0.05) is 6.08 Å². The van der Waals surface area contributed by atoms with E-state index < -0.39 is 30.1 Å². The number of methoxy groups -OCH3 is 1. The molecule has 0 amide bonds. The number of carbonyl (C=O) groups excluding carboxylic acids is 3. The zero-order chi connectivity index (χ0) is 18.2. The molecule has 2 rings (SSSR count). The number of hydrogen-bond donors (Lipinski definition) is 0. The van der Waals surface area contributed by atoms with Gasteiger partial charge in [0.15, 0.2) is 6.61 Å². The second-order valence-corrected chi connectivity index (χ2v) is 4.96. The van der Waals surface area contributed by atoms with Gasteiger partial charge in [-0.1, -0.05) is 24.3 Å². The molecule has 0 radical (unpaired) electrons. The Morgan fingerprint density at radius 2 is 1.72 bits per heavy atom. The molecule has 0 aromatic heterocycles. The van der Waals surface area contributed by atoms with Gasteiger partial charge in [0.25, 0.3) is 0 Å². The predicted octanol–water partition coefficient (Wildman–Crippen LogP) is 3.05. The lowest BCUT2D eigenvalue weighted by molar-refractivity contribution is -0.136. The van der Waals surface area contributed by atoms with Crippen molar-refractivity contribution in [2.75, 3.05) is 13.7 Å². The fraction of sp³-hybridized carbons (Fsp3) is 0.105. The summed E-state index contributed by atoms with van der Waals surface area (Å²) in [6.07, 6.45) is 2.61. The van der Waals surface area contributed by atoms with Crippen LogP contribution in [0.1, 0.15) is 26.3 Å². The quantitative estimate of drug-likeness (QED) is 0.458. The van der Waals surface area contributed by atoms with Crippen LogP contribution in [0.15, 0.2) is 54.6 Å². The van der Waals surface area contributed by atoms with E-state index in [9.17, 15) is 18.8 Å². The minimum absolute atomic E-state index is 0.127. The van der Waals surface area contributed by atoms with Crippen LogP contribution in [0.5, 0.6) is 0 Å². The van der Waals surface area contributed by atoms with Crippen molar-refractivity contribution in [3.8, 4) is 0 Å². The molecule has 0 aliphatic carbocycles. The van der Waals surface area contributed by atoms with Crippen molar-refractivity contribution in [1.82, 2.24) is 0 Å². The summed E-state index contributed by atoms with van der Waals surface area (Å²) in [6, 6.07) is 11.8. The van der Waals surface area contributed by atoms with Crippen LogP contribution in [0.4, 0.5) is 4.39 Å². The summed E-state index contributed by atoms with van der Waals surface area (Å²) >= 11 is 0. The van der Waals surface area contributed by atoms with Crippen molar-refractivity contribution in [3.63, 3.8) is 0 Å². The molecule has 5 nitrogen and oxygen atoms in total. The molecule has 2 aromatic carbocycles. The minimum Gasteiger partial charge on any atom is -0.465 e. The maximum absolute atomic E-state index is 13.4. The summed E-state index contributed by atoms with van der Waals surface area (Å²) in [6.45, 7) is -0.550. The first-order valence-electron chi connectivity index (χ1n) is 7.32. The normalized spacial score (nSPS) is 10.5. The summed E-state index contributed by atoms with van der Waals surface area (Å²) < 4.78 is 22.8. The molecule has 0 bridgehead atoms. The Balaban J connectivity index is 1.89. The number of Topliss-reactive ketones (excluding diaryl/α,β-unsaturated/α-hetero) is 1. The average molecular weight is 342 g/mol. The van der Waals surface area contributed by atoms with E-state index in [-0.39, 0.29) is 5.56 Å². The van der Waals surface area contributed by atoms with E-state index in [1.807, 2.05) is 0 Å². The molecular weight excluding hydrogens is 327 g/mol. The SMILES string of the molecule is COC(=O)c1ccc(/C=C/C(=O)OCC(=O)c2ccccc2F)cc1. The molecule has 0 atom stereocenters. The third-order valence-electron chi connectivity index (χ3n) is 3.26. The predicted molar refractivity (Wildman–Crippen MR) is 88.5 cm³/mol. The Morgan fingerprint density at radius 3 is 2.36 bits per heavy atom. The van der Waals surface area contributed by atoms with E-state index in [2.05, 4.69) is 4.74 Å². The van der Waals surface area contributed by atoms with Crippen molar-refractivity contribution in [2.45, 2.75) is 0 Å². The van der Waals surface area contributed by atoms with E-state index in [0.29, 0.717) is 11.1 Å². The first-order chi connectivity index (χ1) is 12.0. The zero-order valence-corrected chi connectivity index (χ0v) is 13.4. The largest absolute Gasteiger partial charge is 0.465 e. The van der Waals surface area contributed by atoms with Gasteiger partial charge in [-0.3, -0.25) is 4.79 Å². The molecular formula is C19H15FO5. The topological polar surface area (TPSA) is 69.7 Å². The molecule has 0 unspecified atom stereocenters. The van der Waals surface area contributed by atoms with Crippen LogP contribution in [-0.4, -0.2) is 31.4 Å². The Hall–Kier alpha value is -3.28. The molecule has 0 aliphatic heterocycles. The van der Waals surface area contributed by atoms with Crippen molar-refractivity contribution < 1.29 is 28.2 Å². The maximum Gasteiger partial charge on any atom is 0.337 e. The fourth-order valence-corrected chi connectivity index (χ4v) is 1.96. The van der Waals surface area contributed by atoms with Crippen molar-refractivity contribution in [2.24, 2.45) is 0 Å². The Labute approximate surface area is 143 Å². The number of hydrogen-bond acceptors (Lipinski definition) is 5. The lowest BCUT2D eigenvalue weighted by Crippen LogP contribution is -2.13. The van der Waals surface area contributed by atoms with Crippen LogP contribution in [0.2, 0.25) is 0 Å². The van der Waals surface area contributed by atoms with Crippen LogP contribution in [0.25, 0.3) is 6.08 Å². The van der Waals surface area contributed by atoms with Gasteiger partial charge in [-0.2, -0.15) is 0 Å². The van der Waals surface area contributed by atoms with E-state index in [1.165, 1.54) is 31.4 Å². The number of halogens is 1. The van der Waals surface area contributed by atoms with Gasteiger partial charge in [-0.05, 0) is 35.9 Å². The number of carbonyl (C=O) groups is 3. The van der Waals surface area contributed by atoms with Crippen LogP contribution < -0.4 is 0 Å². The van der Waals surface area contributed by atoms with Crippen LogP contribution in [-0.2, 0) is 14.3 Å². The van der Waals surface area contributed by atoms with Crippen molar-refractivity contribution >= 4 is 23.8 Å². The lowest BCUT2D eigenvalue weighted by Gasteiger charge is -2.03. The highest BCUT2D eigenvalue weighted by Gasteiger charge is 2.12. The fourth-order valence-electron chi connectivity index (χ4n) is 1.96. The summed E-state index contributed by atoms with van der Waals surface area (Å²) in [5.74, 6) is -2.48. The molecule has 2 aromatic rings. The summed E-state index contributed by atoms with van der Waals surface area (Å²) in [7, 11) is 1.29. The highest BCUT2D eigenvalue weighted by atomic mass is 19.1. The van der Waals surface area contributed by atoms with E-state index in [4.69, 9.17) is 4.74 Å². The minimum atomic E-state index is -0.735. The Kier molecular flexibility index (Phi) is 6.17. The first-order valence-corrected chi connectivity index (χ1v) is 7.32. The van der Waals surface area contributed by atoms with E-state index in [1.54, 1.807) is 24.3 Å². The smallest absolute Gasteiger partial charge is 0.337 e. The summed E-state index contributed by atoms with van der Waals surface area (Å²) in [5.41, 5.74) is 0.917. The third-order valence-corrected chi connectivity index (χ3v) is 3.26. The molecule has 0 spiro atoms. The zero-order valence-electron chi connectivity index (χ0n) is 13.4. The molecule has 0 saturated heterocycles. The molecule has 0 fully saturated rings. The van der Waals surface area contributed by atoms with Crippen LogP contribution >= 0.6 is 0 Å². The highest BCUT2D eigenvalue weighted by Crippen LogP contribution is 2.09. The monoisotopic (exact) mass is 342 g/mol. The lowest BCUT2D eigenvalue weighted by atomic mass is 10.1. The number of ketones is 1. The average Bonchev–Trinajstić information content (AvgIpc) is 2.64. The first kappa shape index (κ1) is 18.1. The van der Waals surface area contributed by atoms with Crippen LogP contribution in [0, 0.1) is 5.82 Å². The van der Waals surface area contributed by atoms with Gasteiger partial charge in [-0.25, -0.2) is 14.0 Å². The molecule has 0 heterocycles. The van der Waals surface area contributed by atoms with Crippen LogP contribution in [0.3, 0.4) is 0 Å². The Morgan fingerprint density at radius 1 is 1.04 bits per heavy atom. The molecule has 6 heteroatoms.